The molecule has 0 fully saturated rings. The van der Waals surface area contributed by atoms with Gasteiger partial charge in [0, 0.05) is 0 Å². The molecule has 0 amide bonds. The van der Waals surface area contributed by atoms with Crippen molar-refractivity contribution in [2.45, 2.75) is 47.0 Å². The van der Waals surface area contributed by atoms with Gasteiger partial charge in [0.15, 0.2) is 17.4 Å². The van der Waals surface area contributed by atoms with Crippen molar-refractivity contribution < 1.29 is 139 Å². The smallest absolute Gasteiger partial charge is 0.744 e. The van der Waals surface area contributed by atoms with Crippen LogP contribution in [0.15, 0.2) is 16.3 Å². The number of rotatable bonds is 6. The maximum atomic E-state index is 15.0. The zero-order valence-electron chi connectivity index (χ0n) is 18.5. The van der Waals surface area contributed by atoms with E-state index in [1.807, 2.05) is 0 Å². The second-order valence-corrected chi connectivity index (χ2v) is 8.30. The predicted molar refractivity (Wildman–Crippen MR) is 79.8 cm³/mol. The van der Waals surface area contributed by atoms with E-state index in [4.69, 9.17) is 0 Å². The molecule has 0 aromatic heterocycles. The second-order valence-electron chi connectivity index (χ2n) is 6.98. The molecule has 1 aromatic rings. The Labute approximate surface area is 237 Å². The van der Waals surface area contributed by atoms with Crippen molar-refractivity contribution in [3.63, 3.8) is 0 Å². The zero-order chi connectivity index (χ0) is 33.3. The summed E-state index contributed by atoms with van der Waals surface area (Å²) in [5.74, 6) is -24.9. The largest absolute Gasteiger partial charge is 1.00 e. The Balaban J connectivity index is 0.0000168. The summed E-state index contributed by atoms with van der Waals surface area (Å²) in [6.07, 6.45) is -41.8. The molecular formula is C15F21NaO4S. The number of halogens is 21. The van der Waals surface area contributed by atoms with Crippen molar-refractivity contribution in [3.05, 3.63) is 34.7 Å². The van der Waals surface area contributed by atoms with E-state index < -0.39 is 97.6 Å². The minimum Gasteiger partial charge on any atom is -0.744 e. The number of hydrogen-bond acceptors (Lipinski definition) is 4. The molecule has 0 aliphatic carbocycles. The molecule has 238 valence electrons. The summed E-state index contributed by atoms with van der Waals surface area (Å²) in [6.45, 7) is 0. The molecule has 1 rings (SSSR count). The average molecular weight is 698 g/mol. The Morgan fingerprint density at radius 1 is 0.595 bits per heavy atom. The zero-order valence-corrected chi connectivity index (χ0v) is 21.3. The predicted octanol–water partition coefficient (Wildman–Crippen LogP) is 4.01. The third kappa shape index (κ3) is 6.36. The molecule has 27 heteroatoms. The maximum Gasteiger partial charge on any atom is 1.00 e. The fourth-order valence-electron chi connectivity index (χ4n) is 2.68. The van der Waals surface area contributed by atoms with Gasteiger partial charge in [-0.3, -0.25) is 0 Å². The quantitative estimate of drug-likeness (QED) is 0.148. The van der Waals surface area contributed by atoms with E-state index in [1.54, 1.807) is 0 Å². The van der Waals surface area contributed by atoms with Gasteiger partial charge < -0.3 is 9.29 Å². The van der Waals surface area contributed by atoms with Crippen LogP contribution in [0.25, 0.3) is 0 Å². The van der Waals surface area contributed by atoms with Crippen LogP contribution in [-0.4, -0.2) is 55.1 Å². The SMILES string of the molecule is O=S(=O)([O-])c1c(F)c(F)c(F)c(F)c1OC(F)(F)C(F)(C(=C(F)C(F)(F)F)C(F)(C(F)(F)F)C(F)(F)F)C(F)(F)F.[Na+]. The number of ether oxygens (including phenoxy) is 1. The van der Waals surface area contributed by atoms with Gasteiger partial charge in [-0.2, -0.15) is 65.9 Å². The van der Waals surface area contributed by atoms with Crippen LogP contribution >= 0.6 is 0 Å². The van der Waals surface area contributed by atoms with Gasteiger partial charge in [-0.25, -0.2) is 34.8 Å². The second kappa shape index (κ2) is 11.3. The average Bonchev–Trinajstić information content (AvgIpc) is 2.71. The van der Waals surface area contributed by atoms with Gasteiger partial charge in [-0.15, -0.1) is 0 Å². The molecule has 0 aliphatic heterocycles. The third-order valence-corrected chi connectivity index (χ3v) is 5.26. The molecule has 42 heavy (non-hydrogen) atoms. The van der Waals surface area contributed by atoms with Gasteiger partial charge in [-0.1, -0.05) is 0 Å². The van der Waals surface area contributed by atoms with Crippen LogP contribution in [0.1, 0.15) is 0 Å². The third-order valence-electron chi connectivity index (χ3n) is 4.39. The van der Waals surface area contributed by atoms with Crippen LogP contribution in [0.2, 0.25) is 0 Å². The summed E-state index contributed by atoms with van der Waals surface area (Å²) in [5.41, 5.74) is -23.9. The van der Waals surface area contributed by atoms with Crippen molar-refractivity contribution in [2.75, 3.05) is 0 Å². The van der Waals surface area contributed by atoms with Gasteiger partial charge in [0.1, 0.15) is 15.0 Å². The molecule has 0 radical (unpaired) electrons. The summed E-state index contributed by atoms with van der Waals surface area (Å²) in [4.78, 5) is -3.77. The van der Waals surface area contributed by atoms with Crippen LogP contribution in [0, 0.1) is 23.3 Å². The van der Waals surface area contributed by atoms with Crippen molar-refractivity contribution in [1.29, 1.82) is 0 Å². The molecule has 0 saturated carbocycles. The number of hydrogen-bond donors (Lipinski definition) is 0. The Morgan fingerprint density at radius 2 is 0.929 bits per heavy atom. The summed E-state index contributed by atoms with van der Waals surface area (Å²) in [7, 11) is -7.25. The molecule has 0 bridgehead atoms. The minimum atomic E-state index is -8.86. The molecule has 0 aliphatic rings. The van der Waals surface area contributed by atoms with Gasteiger partial charge in [0.05, 0.1) is 5.57 Å². The van der Waals surface area contributed by atoms with E-state index in [-0.39, 0.29) is 29.6 Å². The van der Waals surface area contributed by atoms with E-state index in [2.05, 4.69) is 4.74 Å². The fraction of sp³-hybridized carbons (Fsp3) is 0.467. The normalized spacial score (nSPS) is 16.4. The summed E-state index contributed by atoms with van der Waals surface area (Å²) >= 11 is 0. The molecular weight excluding hydrogens is 698 g/mol. The first-order valence-electron chi connectivity index (χ1n) is 8.58. The summed E-state index contributed by atoms with van der Waals surface area (Å²) < 4.78 is 317. The topological polar surface area (TPSA) is 66.4 Å². The minimum absolute atomic E-state index is 0. The standard InChI is InChI=1S/C15HF21O4S.Na/c16-1-2(17)4(19)6(41(37,38)39)5(3(1)18)40-15(35,36)10(22,14(32,33)34)7(8(20)11(23,24)25)9(21,12(26,27)28)13(29,30)31;/h(H,37,38,39);/q;+1/p-1. The van der Waals surface area contributed by atoms with Crippen molar-refractivity contribution in [1.82, 2.24) is 0 Å². The number of benzene rings is 1. The Hall–Kier alpha value is -1.80. The van der Waals surface area contributed by atoms with E-state index in [0.717, 1.165) is 0 Å². The van der Waals surface area contributed by atoms with E-state index >= 15 is 0 Å². The first-order valence-corrected chi connectivity index (χ1v) is 9.99. The number of allylic oxidation sites excluding steroid dienone is 1. The maximum absolute atomic E-state index is 15.0. The van der Waals surface area contributed by atoms with Crippen molar-refractivity contribution in [2.24, 2.45) is 0 Å². The monoisotopic (exact) mass is 698 g/mol. The number of alkyl halides is 16. The molecule has 4 nitrogen and oxygen atoms in total. The Bertz CT molecular complexity index is 1330. The molecule has 0 saturated heterocycles. The first kappa shape index (κ1) is 40.2. The fourth-order valence-corrected chi connectivity index (χ4v) is 3.35. The van der Waals surface area contributed by atoms with Crippen LogP contribution < -0.4 is 34.3 Å². The van der Waals surface area contributed by atoms with Gasteiger partial charge in [0.2, 0.25) is 17.5 Å². The van der Waals surface area contributed by atoms with Crippen molar-refractivity contribution in [3.8, 4) is 5.75 Å². The van der Waals surface area contributed by atoms with Crippen LogP contribution in [-0.2, 0) is 10.1 Å². The van der Waals surface area contributed by atoms with E-state index in [0.29, 0.717) is 0 Å². The van der Waals surface area contributed by atoms with Crippen LogP contribution in [0.5, 0.6) is 5.75 Å². The molecule has 1 atom stereocenters. The molecule has 0 spiro atoms. The van der Waals surface area contributed by atoms with Crippen LogP contribution in [0.4, 0.5) is 92.2 Å². The summed E-state index contributed by atoms with van der Waals surface area (Å²) in [5, 5.41) is 0. The molecule has 0 heterocycles. The summed E-state index contributed by atoms with van der Waals surface area (Å²) in [6, 6.07) is 0. The van der Waals surface area contributed by atoms with Gasteiger partial charge in [0.25, 0.3) is 0 Å². The van der Waals surface area contributed by atoms with Gasteiger partial charge in [-0.05, 0) is 0 Å². The Kier molecular flexibility index (Phi) is 10.8. The Morgan fingerprint density at radius 3 is 1.21 bits per heavy atom. The first-order chi connectivity index (χ1) is 17.6. The van der Waals surface area contributed by atoms with E-state index in [1.165, 1.54) is 0 Å². The molecule has 1 aromatic carbocycles. The van der Waals surface area contributed by atoms with Crippen LogP contribution in [0.3, 0.4) is 0 Å². The molecule has 0 N–H and O–H groups in total. The van der Waals surface area contributed by atoms with Gasteiger partial charge >= 0.3 is 71.7 Å². The molecule has 1 unspecified atom stereocenters. The van der Waals surface area contributed by atoms with Crippen molar-refractivity contribution >= 4 is 10.1 Å². The van der Waals surface area contributed by atoms with E-state index in [9.17, 15) is 105 Å².